The highest BCUT2D eigenvalue weighted by atomic mass is 19.2. The van der Waals surface area contributed by atoms with Crippen LogP contribution in [0.1, 0.15) is 12.2 Å². The Morgan fingerprint density at radius 1 is 1.47 bits per heavy atom. The van der Waals surface area contributed by atoms with Crippen molar-refractivity contribution >= 4 is 17.1 Å². The summed E-state index contributed by atoms with van der Waals surface area (Å²) in [6, 6.07) is 0. The van der Waals surface area contributed by atoms with Gasteiger partial charge in [-0.25, -0.2) is 13.8 Å². The molecule has 4 N–H and O–H groups in total. The van der Waals surface area contributed by atoms with Gasteiger partial charge in [-0.2, -0.15) is 4.98 Å². The fourth-order valence-electron chi connectivity index (χ4n) is 1.56. The van der Waals surface area contributed by atoms with Crippen LogP contribution in [-0.4, -0.2) is 37.8 Å². The minimum absolute atomic E-state index is 0.0407. The van der Waals surface area contributed by atoms with Crippen LogP contribution in [0.25, 0.3) is 11.2 Å². The molecule has 0 fully saturated rings. The van der Waals surface area contributed by atoms with Gasteiger partial charge < -0.3 is 15.6 Å². The molecule has 8 nitrogen and oxygen atoms in total. The van der Waals surface area contributed by atoms with Crippen LogP contribution in [0.5, 0.6) is 0 Å². The van der Waals surface area contributed by atoms with E-state index in [9.17, 15) is 13.6 Å². The number of hydrogen-bond acceptors (Lipinski definition) is 6. The number of aromatic amines is 1. The summed E-state index contributed by atoms with van der Waals surface area (Å²) in [5, 5.41) is 8.59. The van der Waals surface area contributed by atoms with Crippen molar-refractivity contribution in [3.8, 4) is 0 Å². The Balaban J connectivity index is 2.56. The second-order valence-corrected chi connectivity index (χ2v) is 3.58. The maximum Gasteiger partial charge on any atom is 0.295 e. The molecule has 0 amide bonds. The monoisotopic (exact) mass is 274 g/mol. The number of halogens is 2. The number of hydrogen-bond donors (Lipinski definition) is 3. The summed E-state index contributed by atoms with van der Waals surface area (Å²) in [4.78, 5) is 21.0. The van der Waals surface area contributed by atoms with Crippen molar-refractivity contribution in [2.24, 2.45) is 0 Å². The first-order valence-electron chi connectivity index (χ1n) is 5.27. The number of ether oxygens (including phenoxy) is 1. The molecule has 0 radical (unpaired) electrons. The second kappa shape index (κ2) is 5.28. The normalized spacial score (nSPS) is 13.0. The fraction of sp³-hybridized carbons (Fsp3) is 0.444. The number of fused-ring (bicyclic) bond motifs is 1. The van der Waals surface area contributed by atoms with Gasteiger partial charge >= 0.3 is 0 Å². The summed E-state index contributed by atoms with van der Waals surface area (Å²) in [5.41, 5.74) is 4.33. The molecule has 10 heteroatoms. The molecule has 0 saturated carbocycles. The lowest BCUT2D eigenvalue weighted by atomic mass is 10.5. The van der Waals surface area contributed by atoms with Gasteiger partial charge in [-0.3, -0.25) is 14.3 Å². The maximum atomic E-state index is 12.8. The summed E-state index contributed by atoms with van der Waals surface area (Å²) in [7, 11) is 0. The van der Waals surface area contributed by atoms with Crippen LogP contribution in [0, 0.1) is 0 Å². The molecule has 1 unspecified atom stereocenters. The Hall–Kier alpha value is -2.07. The molecule has 0 aliphatic carbocycles. The van der Waals surface area contributed by atoms with Crippen LogP contribution in [0.15, 0.2) is 4.79 Å². The number of imidazole rings is 1. The van der Waals surface area contributed by atoms with Crippen molar-refractivity contribution in [1.29, 1.82) is 0 Å². The molecule has 2 heterocycles. The summed E-state index contributed by atoms with van der Waals surface area (Å²) < 4.78 is 31.6. The molecule has 0 aliphatic rings. The number of aliphatic hydroxyl groups excluding tert-OH is 1. The van der Waals surface area contributed by atoms with E-state index in [4.69, 9.17) is 15.6 Å². The first-order chi connectivity index (χ1) is 9.04. The van der Waals surface area contributed by atoms with E-state index in [1.165, 1.54) is 0 Å². The first-order valence-corrected chi connectivity index (χ1v) is 5.27. The Bertz CT molecular complexity index is 639. The van der Waals surface area contributed by atoms with E-state index in [0.29, 0.717) is 0 Å². The molecule has 0 aromatic carbocycles. The second-order valence-electron chi connectivity index (χ2n) is 3.58. The molecule has 0 aliphatic heterocycles. The van der Waals surface area contributed by atoms with Crippen molar-refractivity contribution in [2.75, 3.05) is 18.9 Å². The lowest BCUT2D eigenvalue weighted by molar-refractivity contribution is 0.0407. The summed E-state index contributed by atoms with van der Waals surface area (Å²) in [6.45, 7) is -0.611. The van der Waals surface area contributed by atoms with E-state index >= 15 is 0 Å². The summed E-state index contributed by atoms with van der Waals surface area (Å²) in [5.74, 6) is -0.849. The smallest absolute Gasteiger partial charge is 0.295 e. The molecule has 19 heavy (non-hydrogen) atoms. The van der Waals surface area contributed by atoms with Crippen LogP contribution in [0.3, 0.4) is 0 Å². The number of nitrogens with zero attached hydrogens (tertiary/aromatic N) is 3. The number of nitrogens with one attached hydrogen (secondary N) is 1. The Labute approximate surface area is 104 Å². The van der Waals surface area contributed by atoms with Crippen molar-refractivity contribution in [3.05, 3.63) is 16.2 Å². The number of nitrogen functional groups attached to an aromatic ring is 1. The lowest BCUT2D eigenvalue weighted by Gasteiger charge is -2.08. The number of aromatic nitrogens is 4. The van der Waals surface area contributed by atoms with E-state index in [0.717, 1.165) is 4.57 Å². The molecule has 0 bridgehead atoms. The summed E-state index contributed by atoms with van der Waals surface area (Å²) in [6.07, 6.45) is -2.90. The molecule has 0 saturated heterocycles. The number of alkyl halides is 2. The average molecular weight is 274 g/mol. The third-order valence-corrected chi connectivity index (χ3v) is 2.30. The first kappa shape index (κ1) is 13.4. The Kier molecular flexibility index (Phi) is 3.71. The molecular formula is C9H11F2N5O3. The number of H-pyrrole nitrogens is 1. The van der Waals surface area contributed by atoms with E-state index in [2.05, 4.69) is 15.0 Å². The van der Waals surface area contributed by atoms with Crippen LogP contribution in [0.4, 0.5) is 14.7 Å². The lowest BCUT2D eigenvalue weighted by Crippen LogP contribution is -2.13. The predicted octanol–water partition coefficient (Wildman–Crippen LogP) is -0.394. The van der Waals surface area contributed by atoms with Crippen LogP contribution < -0.4 is 11.3 Å². The largest absolute Gasteiger partial charge is 0.394 e. The van der Waals surface area contributed by atoms with E-state index < -0.39 is 17.8 Å². The quantitative estimate of drug-likeness (QED) is 0.638. The third kappa shape index (κ3) is 2.53. The minimum Gasteiger partial charge on any atom is -0.394 e. The third-order valence-electron chi connectivity index (χ3n) is 2.30. The van der Waals surface area contributed by atoms with Gasteiger partial charge in [0, 0.05) is 0 Å². The van der Waals surface area contributed by atoms with Gasteiger partial charge in [-0.1, -0.05) is 0 Å². The molecule has 0 spiro atoms. The molecular weight excluding hydrogens is 263 g/mol. The van der Waals surface area contributed by atoms with Crippen LogP contribution >= 0.6 is 0 Å². The average Bonchev–Trinajstić information content (AvgIpc) is 2.69. The van der Waals surface area contributed by atoms with Crippen LogP contribution in [0.2, 0.25) is 0 Å². The zero-order valence-corrected chi connectivity index (χ0v) is 9.64. The SMILES string of the molecule is Nc1nc2c(nc(C(F)[18F])n2COCCO)c(=O)[nH]1. The highest BCUT2D eigenvalue weighted by Gasteiger charge is 2.21. The maximum absolute atomic E-state index is 12.8. The van der Waals surface area contributed by atoms with E-state index in [1.807, 2.05) is 0 Å². The van der Waals surface area contributed by atoms with Gasteiger partial charge in [0.1, 0.15) is 6.73 Å². The molecule has 2 aromatic rings. The van der Waals surface area contributed by atoms with Crippen molar-refractivity contribution in [2.45, 2.75) is 13.2 Å². The van der Waals surface area contributed by atoms with Gasteiger partial charge in [0.15, 0.2) is 17.0 Å². The van der Waals surface area contributed by atoms with Gasteiger partial charge in [0.25, 0.3) is 12.0 Å². The van der Waals surface area contributed by atoms with Gasteiger partial charge in [-0.15, -0.1) is 0 Å². The minimum atomic E-state index is -2.90. The van der Waals surface area contributed by atoms with Gasteiger partial charge in [-0.05, 0) is 0 Å². The fourth-order valence-corrected chi connectivity index (χ4v) is 1.56. The molecule has 1 atom stereocenters. The van der Waals surface area contributed by atoms with E-state index in [-0.39, 0.29) is 37.1 Å². The Morgan fingerprint density at radius 3 is 2.84 bits per heavy atom. The standard InChI is InChI=1S/C9H11F2N5O3/c10-5(11)7-13-4-6(14-9(12)15-8(4)18)16(7)3-19-2-1-17/h5,17H,1-3H2,(H3,12,14,15,18)/i10-1. The predicted molar refractivity (Wildman–Crippen MR) is 60.6 cm³/mol. The van der Waals surface area contributed by atoms with Crippen LogP contribution in [-0.2, 0) is 11.5 Å². The highest BCUT2D eigenvalue weighted by molar-refractivity contribution is 5.71. The number of aliphatic hydroxyl groups is 1. The number of anilines is 1. The van der Waals surface area contributed by atoms with Gasteiger partial charge in [0.05, 0.1) is 13.2 Å². The summed E-state index contributed by atoms with van der Waals surface area (Å²) >= 11 is 0. The van der Waals surface area contributed by atoms with Crippen molar-refractivity contribution in [1.82, 2.24) is 19.5 Å². The topological polar surface area (TPSA) is 119 Å². The number of rotatable bonds is 5. The molecule has 104 valence electrons. The highest BCUT2D eigenvalue weighted by Crippen LogP contribution is 2.21. The molecule has 2 aromatic heterocycles. The zero-order valence-electron chi connectivity index (χ0n) is 9.64. The zero-order chi connectivity index (χ0) is 14.0. The van der Waals surface area contributed by atoms with Crippen molar-refractivity contribution < 1.29 is 18.6 Å². The van der Waals surface area contributed by atoms with E-state index in [1.54, 1.807) is 0 Å². The van der Waals surface area contributed by atoms with Gasteiger partial charge in [0.2, 0.25) is 5.95 Å². The molecule has 2 rings (SSSR count). The number of nitrogens with two attached hydrogens (primary N) is 1. The van der Waals surface area contributed by atoms with Crippen molar-refractivity contribution in [3.63, 3.8) is 0 Å². The Morgan fingerprint density at radius 2 is 2.21 bits per heavy atom.